The third kappa shape index (κ3) is 3.17. The molecule has 0 spiro atoms. The van der Waals surface area contributed by atoms with Gasteiger partial charge in [-0.15, -0.1) is 0 Å². The zero-order valence-electron chi connectivity index (χ0n) is 14.0. The van der Waals surface area contributed by atoms with E-state index in [2.05, 4.69) is 15.3 Å². The molecule has 0 atom stereocenters. The van der Waals surface area contributed by atoms with E-state index in [-0.39, 0.29) is 0 Å². The summed E-state index contributed by atoms with van der Waals surface area (Å²) in [5.74, 6) is 1.95. The molecule has 4 aromatic rings. The minimum atomic E-state index is 0.597. The number of aromatic nitrogens is 3. The molecule has 2 heterocycles. The van der Waals surface area contributed by atoms with Crippen LogP contribution in [0.3, 0.4) is 0 Å². The molecule has 0 fully saturated rings. The molecule has 6 heteroatoms. The van der Waals surface area contributed by atoms with Crippen LogP contribution in [0.2, 0.25) is 5.02 Å². The normalized spacial score (nSPS) is 10.7. The van der Waals surface area contributed by atoms with Gasteiger partial charge in [0.2, 0.25) is 0 Å². The van der Waals surface area contributed by atoms with Gasteiger partial charge in [-0.2, -0.15) is 0 Å². The highest BCUT2D eigenvalue weighted by Gasteiger charge is 2.12. The molecule has 128 valence electrons. The van der Waals surface area contributed by atoms with Crippen LogP contribution in [-0.2, 0) is 0 Å². The third-order valence-electron chi connectivity index (χ3n) is 3.94. The number of para-hydroxylation sites is 1. The van der Waals surface area contributed by atoms with Crippen molar-refractivity contribution >= 4 is 34.0 Å². The number of nitrogens with one attached hydrogen (secondary N) is 1. The van der Waals surface area contributed by atoms with Crippen LogP contribution in [0, 0.1) is 0 Å². The minimum Gasteiger partial charge on any atom is -0.495 e. The van der Waals surface area contributed by atoms with Gasteiger partial charge in [0.05, 0.1) is 18.3 Å². The van der Waals surface area contributed by atoms with Crippen molar-refractivity contribution in [1.29, 1.82) is 0 Å². The van der Waals surface area contributed by atoms with E-state index >= 15 is 0 Å². The van der Waals surface area contributed by atoms with Crippen LogP contribution in [0.25, 0.3) is 22.3 Å². The fourth-order valence-corrected chi connectivity index (χ4v) is 2.87. The first-order valence-corrected chi connectivity index (χ1v) is 8.40. The average molecular weight is 363 g/mol. The van der Waals surface area contributed by atoms with Crippen molar-refractivity contribution in [2.45, 2.75) is 0 Å². The van der Waals surface area contributed by atoms with Crippen molar-refractivity contribution in [3.8, 4) is 17.1 Å². The van der Waals surface area contributed by atoms with E-state index in [1.54, 1.807) is 31.6 Å². The Morgan fingerprint density at radius 3 is 2.69 bits per heavy atom. The number of fused-ring (bicyclic) bond motifs is 1. The van der Waals surface area contributed by atoms with E-state index in [9.17, 15) is 0 Å². The second-order valence-electron chi connectivity index (χ2n) is 5.62. The number of rotatable bonds is 4. The summed E-state index contributed by atoms with van der Waals surface area (Å²) < 4.78 is 5.42. The predicted molar refractivity (Wildman–Crippen MR) is 104 cm³/mol. The second-order valence-corrected chi connectivity index (χ2v) is 6.06. The van der Waals surface area contributed by atoms with Crippen molar-refractivity contribution in [3.05, 3.63) is 72.0 Å². The number of benzene rings is 2. The number of hydrogen-bond donors (Lipinski definition) is 1. The highest BCUT2D eigenvalue weighted by atomic mass is 35.5. The van der Waals surface area contributed by atoms with Crippen molar-refractivity contribution in [2.75, 3.05) is 12.4 Å². The number of halogens is 1. The lowest BCUT2D eigenvalue weighted by atomic mass is 10.2. The monoisotopic (exact) mass is 362 g/mol. The quantitative estimate of drug-likeness (QED) is 0.547. The summed E-state index contributed by atoms with van der Waals surface area (Å²) >= 11 is 6.15. The average Bonchev–Trinajstić information content (AvgIpc) is 2.69. The van der Waals surface area contributed by atoms with Crippen LogP contribution in [0.5, 0.6) is 5.75 Å². The Labute approximate surface area is 155 Å². The molecule has 26 heavy (non-hydrogen) atoms. The van der Waals surface area contributed by atoms with Gasteiger partial charge < -0.3 is 10.1 Å². The van der Waals surface area contributed by atoms with E-state index in [0.717, 1.165) is 22.2 Å². The standard InChI is InChI=1S/C20H15ClN4O/c1-26-18-9-8-14(21)11-17(18)24-20-15-6-2-3-7-16(15)23-19(25-20)13-5-4-10-22-12-13/h2-12H,1H3,(H,23,24,25). The van der Waals surface area contributed by atoms with Gasteiger partial charge in [0.15, 0.2) is 5.82 Å². The van der Waals surface area contributed by atoms with Crippen LogP contribution in [0.15, 0.2) is 67.0 Å². The highest BCUT2D eigenvalue weighted by Crippen LogP contribution is 2.33. The molecule has 0 aliphatic rings. The molecule has 0 bridgehead atoms. The van der Waals surface area contributed by atoms with Crippen LogP contribution in [-0.4, -0.2) is 22.1 Å². The largest absolute Gasteiger partial charge is 0.495 e. The van der Waals surface area contributed by atoms with Crippen molar-refractivity contribution in [2.24, 2.45) is 0 Å². The molecule has 0 aliphatic heterocycles. The van der Waals surface area contributed by atoms with Gasteiger partial charge in [0.25, 0.3) is 0 Å². The highest BCUT2D eigenvalue weighted by molar-refractivity contribution is 6.31. The summed E-state index contributed by atoms with van der Waals surface area (Å²) in [7, 11) is 1.62. The van der Waals surface area contributed by atoms with Crippen molar-refractivity contribution in [1.82, 2.24) is 15.0 Å². The maximum absolute atomic E-state index is 6.15. The van der Waals surface area contributed by atoms with Gasteiger partial charge in [-0.05, 0) is 42.5 Å². The first-order valence-electron chi connectivity index (χ1n) is 8.02. The molecule has 0 amide bonds. The van der Waals surface area contributed by atoms with Gasteiger partial charge >= 0.3 is 0 Å². The number of hydrogen-bond acceptors (Lipinski definition) is 5. The predicted octanol–water partition coefficient (Wildman–Crippen LogP) is 5.10. The molecule has 0 saturated heterocycles. The van der Waals surface area contributed by atoms with Crippen LogP contribution in [0.4, 0.5) is 11.5 Å². The lowest BCUT2D eigenvalue weighted by molar-refractivity contribution is 0.417. The zero-order chi connectivity index (χ0) is 17.9. The number of nitrogens with zero attached hydrogens (tertiary/aromatic N) is 3. The van der Waals surface area contributed by atoms with Crippen LogP contribution >= 0.6 is 11.6 Å². The SMILES string of the molecule is COc1ccc(Cl)cc1Nc1nc(-c2cccnc2)nc2ccccc12. The van der Waals surface area contributed by atoms with E-state index in [1.807, 2.05) is 42.5 Å². The fraction of sp³-hybridized carbons (Fsp3) is 0.0500. The van der Waals surface area contributed by atoms with Crippen molar-refractivity contribution in [3.63, 3.8) is 0 Å². The summed E-state index contributed by atoms with van der Waals surface area (Å²) in [5.41, 5.74) is 2.42. The summed E-state index contributed by atoms with van der Waals surface area (Å²) in [6.07, 6.45) is 3.47. The lowest BCUT2D eigenvalue weighted by Gasteiger charge is -2.14. The molecule has 4 rings (SSSR count). The first-order chi connectivity index (χ1) is 12.7. The molecule has 2 aromatic heterocycles. The number of ether oxygens (including phenoxy) is 1. The molecule has 2 aromatic carbocycles. The molecule has 1 N–H and O–H groups in total. The molecule has 5 nitrogen and oxygen atoms in total. The molecule has 0 radical (unpaired) electrons. The minimum absolute atomic E-state index is 0.597. The third-order valence-corrected chi connectivity index (χ3v) is 4.17. The molecular formula is C20H15ClN4O. The Hall–Kier alpha value is -3.18. The Balaban J connectivity index is 1.87. The second kappa shape index (κ2) is 6.98. The Kier molecular flexibility index (Phi) is 4.37. The molecule has 0 aliphatic carbocycles. The lowest BCUT2D eigenvalue weighted by Crippen LogP contribution is -2.01. The number of pyridine rings is 1. The Morgan fingerprint density at radius 2 is 1.88 bits per heavy atom. The number of methoxy groups -OCH3 is 1. The van der Waals surface area contributed by atoms with Gasteiger partial charge in [-0.1, -0.05) is 23.7 Å². The number of anilines is 2. The van der Waals surface area contributed by atoms with E-state index < -0.39 is 0 Å². The maximum Gasteiger partial charge on any atom is 0.163 e. The molecular weight excluding hydrogens is 348 g/mol. The van der Waals surface area contributed by atoms with Crippen LogP contribution < -0.4 is 10.1 Å². The van der Waals surface area contributed by atoms with Crippen molar-refractivity contribution < 1.29 is 4.74 Å². The van der Waals surface area contributed by atoms with E-state index in [4.69, 9.17) is 21.3 Å². The summed E-state index contributed by atoms with van der Waals surface area (Å²) in [6.45, 7) is 0. The Bertz CT molecular complexity index is 1070. The van der Waals surface area contributed by atoms with Crippen LogP contribution in [0.1, 0.15) is 0 Å². The topological polar surface area (TPSA) is 59.9 Å². The smallest absolute Gasteiger partial charge is 0.163 e. The van der Waals surface area contributed by atoms with E-state index in [1.165, 1.54) is 0 Å². The summed E-state index contributed by atoms with van der Waals surface area (Å²) in [4.78, 5) is 13.5. The summed E-state index contributed by atoms with van der Waals surface area (Å²) in [5, 5.41) is 4.85. The fourth-order valence-electron chi connectivity index (χ4n) is 2.70. The van der Waals surface area contributed by atoms with Gasteiger partial charge in [-0.25, -0.2) is 9.97 Å². The molecule has 0 unspecified atom stereocenters. The first kappa shape index (κ1) is 16.3. The van der Waals surface area contributed by atoms with E-state index in [0.29, 0.717) is 22.4 Å². The van der Waals surface area contributed by atoms with Gasteiger partial charge in [-0.3, -0.25) is 4.98 Å². The Morgan fingerprint density at radius 1 is 1.00 bits per heavy atom. The summed E-state index contributed by atoms with van der Waals surface area (Å²) in [6, 6.07) is 17.0. The molecule has 0 saturated carbocycles. The zero-order valence-corrected chi connectivity index (χ0v) is 14.7. The maximum atomic E-state index is 6.15. The van der Waals surface area contributed by atoms with Gasteiger partial charge in [0.1, 0.15) is 11.6 Å². The van der Waals surface area contributed by atoms with Gasteiger partial charge in [0, 0.05) is 28.4 Å².